The Morgan fingerprint density at radius 2 is 1.89 bits per heavy atom. The number of hydrogen-bond acceptors (Lipinski definition) is 4. The van der Waals surface area contributed by atoms with Crippen molar-refractivity contribution in [1.82, 2.24) is 0 Å². The van der Waals surface area contributed by atoms with Gasteiger partial charge in [-0.1, -0.05) is 0 Å². The van der Waals surface area contributed by atoms with E-state index in [1.165, 1.54) is 12.1 Å². The van der Waals surface area contributed by atoms with Crippen LogP contribution in [-0.4, -0.2) is 19.5 Å². The lowest BCUT2D eigenvalue weighted by atomic mass is 10.1. The number of rotatable bonds is 2. The van der Waals surface area contributed by atoms with Crippen LogP contribution in [0.5, 0.6) is 0 Å². The van der Waals surface area contributed by atoms with Gasteiger partial charge in [0.05, 0.1) is 4.90 Å². The highest BCUT2D eigenvalue weighted by Crippen LogP contribution is 2.31. The van der Waals surface area contributed by atoms with Crippen molar-refractivity contribution in [3.63, 3.8) is 0 Å². The Balaban J connectivity index is 2.88. The molecule has 1 heterocycles. The van der Waals surface area contributed by atoms with E-state index in [1.807, 2.05) is 0 Å². The zero-order valence-corrected chi connectivity index (χ0v) is 11.1. The van der Waals surface area contributed by atoms with Crippen LogP contribution in [0.2, 0.25) is 0 Å². The maximum atomic E-state index is 11.4. The molecule has 0 spiro atoms. The van der Waals surface area contributed by atoms with Gasteiger partial charge in [-0.25, -0.2) is 13.2 Å². The third-order valence-corrected chi connectivity index (χ3v) is 4.24. The number of aryl methyl sites for hydroxylation is 1. The van der Waals surface area contributed by atoms with Crippen molar-refractivity contribution in [2.45, 2.75) is 18.7 Å². The number of carboxylic acid groups (broad SMARTS) is 1. The van der Waals surface area contributed by atoms with Gasteiger partial charge in [-0.3, -0.25) is 0 Å². The molecule has 2 aromatic rings. The van der Waals surface area contributed by atoms with Gasteiger partial charge in [-0.05, 0) is 37.1 Å². The minimum atomic E-state index is -3.88. The molecule has 1 N–H and O–H groups in total. The van der Waals surface area contributed by atoms with Crippen LogP contribution >= 0.6 is 10.7 Å². The van der Waals surface area contributed by atoms with Gasteiger partial charge in [-0.2, -0.15) is 0 Å². The molecule has 0 unspecified atom stereocenters. The zero-order valence-electron chi connectivity index (χ0n) is 9.52. The van der Waals surface area contributed by atoms with Crippen LogP contribution in [0.1, 0.15) is 21.7 Å². The Kier molecular flexibility index (Phi) is 2.87. The number of aromatic carboxylic acids is 1. The summed E-state index contributed by atoms with van der Waals surface area (Å²) in [4.78, 5) is 10.8. The summed E-state index contributed by atoms with van der Waals surface area (Å²) in [7, 11) is 1.46. The van der Waals surface area contributed by atoms with Crippen molar-refractivity contribution in [1.29, 1.82) is 0 Å². The number of furan rings is 1. The first-order valence-electron chi connectivity index (χ1n) is 4.93. The molecule has 18 heavy (non-hydrogen) atoms. The number of hydrogen-bond donors (Lipinski definition) is 1. The fourth-order valence-corrected chi connectivity index (χ4v) is 3.04. The minimum Gasteiger partial charge on any atom is -0.475 e. The molecule has 2 rings (SSSR count). The average molecular weight is 289 g/mol. The minimum absolute atomic E-state index is 0.0353. The predicted molar refractivity (Wildman–Crippen MR) is 65.7 cm³/mol. The van der Waals surface area contributed by atoms with Crippen LogP contribution in [-0.2, 0) is 9.05 Å². The Labute approximate surface area is 107 Å². The third kappa shape index (κ3) is 1.97. The van der Waals surface area contributed by atoms with E-state index in [4.69, 9.17) is 20.2 Å². The quantitative estimate of drug-likeness (QED) is 0.859. The lowest BCUT2D eigenvalue weighted by molar-refractivity contribution is 0.0665. The van der Waals surface area contributed by atoms with E-state index in [1.54, 1.807) is 13.8 Å². The average Bonchev–Trinajstić information content (AvgIpc) is 2.65. The molecule has 0 amide bonds. The fraction of sp³-hybridized carbons (Fsp3) is 0.182. The van der Waals surface area contributed by atoms with Crippen LogP contribution in [0.15, 0.2) is 21.4 Å². The molecule has 7 heteroatoms. The summed E-state index contributed by atoms with van der Waals surface area (Å²) in [6, 6.07) is 2.59. The van der Waals surface area contributed by atoms with Crippen molar-refractivity contribution in [3.8, 4) is 0 Å². The summed E-state index contributed by atoms with van der Waals surface area (Å²) in [5.41, 5.74) is 1.36. The van der Waals surface area contributed by atoms with Gasteiger partial charge in [0, 0.05) is 16.1 Å². The maximum absolute atomic E-state index is 11.4. The van der Waals surface area contributed by atoms with Gasteiger partial charge in [-0.15, -0.1) is 0 Å². The molecule has 0 aliphatic rings. The highest BCUT2D eigenvalue weighted by molar-refractivity contribution is 8.13. The normalized spacial score (nSPS) is 11.9. The molecule has 5 nitrogen and oxygen atoms in total. The highest BCUT2D eigenvalue weighted by Gasteiger charge is 2.20. The SMILES string of the molecule is Cc1c(S(=O)(=O)Cl)cc2cc(C(=O)O)oc2c1C. The standard InChI is InChI=1S/C11H9ClO5S/c1-5-6(2)10-7(3-8(17-10)11(13)14)4-9(5)18(12,15)16/h3-4H,1-2H3,(H,13,14). The second-order valence-electron chi connectivity index (χ2n) is 3.90. The molecule has 0 radical (unpaired) electrons. The smallest absolute Gasteiger partial charge is 0.371 e. The second-order valence-corrected chi connectivity index (χ2v) is 6.43. The first-order chi connectivity index (χ1) is 8.21. The van der Waals surface area contributed by atoms with Crippen LogP contribution in [0, 0.1) is 13.8 Å². The van der Waals surface area contributed by atoms with Gasteiger partial charge in [0.1, 0.15) is 5.58 Å². The molecule has 0 fully saturated rings. The Morgan fingerprint density at radius 3 is 2.39 bits per heavy atom. The number of fused-ring (bicyclic) bond motifs is 1. The molecule has 0 bridgehead atoms. The molecule has 0 aliphatic heterocycles. The monoisotopic (exact) mass is 288 g/mol. The molecular formula is C11H9ClO5S. The molecule has 96 valence electrons. The van der Waals surface area contributed by atoms with Gasteiger partial charge in [0.25, 0.3) is 9.05 Å². The molecule has 1 aromatic carbocycles. The van der Waals surface area contributed by atoms with E-state index < -0.39 is 15.0 Å². The Morgan fingerprint density at radius 1 is 1.28 bits per heavy atom. The summed E-state index contributed by atoms with van der Waals surface area (Å²) in [5.74, 6) is -1.45. The van der Waals surface area contributed by atoms with Gasteiger partial charge < -0.3 is 9.52 Å². The van der Waals surface area contributed by atoms with Crippen LogP contribution < -0.4 is 0 Å². The van der Waals surface area contributed by atoms with E-state index in [9.17, 15) is 13.2 Å². The first-order valence-corrected chi connectivity index (χ1v) is 7.24. The lowest BCUT2D eigenvalue weighted by Gasteiger charge is -2.05. The molecule has 1 aromatic heterocycles. The summed E-state index contributed by atoms with van der Waals surface area (Å²) in [5, 5.41) is 9.24. The van der Waals surface area contributed by atoms with Crippen LogP contribution in [0.25, 0.3) is 11.0 Å². The van der Waals surface area contributed by atoms with E-state index in [0.29, 0.717) is 22.1 Å². The summed E-state index contributed by atoms with van der Waals surface area (Å²) in [6.45, 7) is 3.24. The van der Waals surface area contributed by atoms with Crippen LogP contribution in [0.3, 0.4) is 0 Å². The predicted octanol–water partition coefficient (Wildman–Crippen LogP) is 2.68. The van der Waals surface area contributed by atoms with E-state index in [-0.39, 0.29) is 10.7 Å². The van der Waals surface area contributed by atoms with Crippen molar-refractivity contribution >= 4 is 36.7 Å². The van der Waals surface area contributed by atoms with Crippen molar-refractivity contribution in [2.24, 2.45) is 0 Å². The van der Waals surface area contributed by atoms with Gasteiger partial charge >= 0.3 is 5.97 Å². The Bertz CT molecular complexity index is 757. The molecular weight excluding hydrogens is 280 g/mol. The van der Waals surface area contributed by atoms with E-state index in [2.05, 4.69) is 0 Å². The number of halogens is 1. The van der Waals surface area contributed by atoms with Crippen molar-refractivity contribution in [3.05, 3.63) is 29.0 Å². The number of carboxylic acids is 1. The van der Waals surface area contributed by atoms with E-state index in [0.717, 1.165) is 0 Å². The van der Waals surface area contributed by atoms with Crippen molar-refractivity contribution < 1.29 is 22.7 Å². The summed E-state index contributed by atoms with van der Waals surface area (Å²) in [6.07, 6.45) is 0. The maximum Gasteiger partial charge on any atom is 0.371 e. The lowest BCUT2D eigenvalue weighted by Crippen LogP contribution is -1.96. The molecule has 0 saturated heterocycles. The van der Waals surface area contributed by atoms with Gasteiger partial charge in [0.2, 0.25) is 5.76 Å². The summed E-state index contributed by atoms with van der Waals surface area (Å²) >= 11 is 0. The Hall–Kier alpha value is -1.53. The first kappa shape index (κ1) is 12.9. The fourth-order valence-electron chi connectivity index (χ4n) is 1.77. The molecule has 0 saturated carbocycles. The van der Waals surface area contributed by atoms with E-state index >= 15 is 0 Å². The number of benzene rings is 1. The third-order valence-electron chi connectivity index (χ3n) is 2.79. The second kappa shape index (κ2) is 4.00. The number of carbonyl (C=O) groups is 1. The molecule has 0 aliphatic carbocycles. The zero-order chi connectivity index (χ0) is 13.7. The highest BCUT2D eigenvalue weighted by atomic mass is 35.7. The van der Waals surface area contributed by atoms with Gasteiger partial charge in [0.15, 0.2) is 0 Å². The van der Waals surface area contributed by atoms with Crippen molar-refractivity contribution in [2.75, 3.05) is 0 Å². The topological polar surface area (TPSA) is 84.6 Å². The van der Waals surface area contributed by atoms with Crippen LogP contribution in [0.4, 0.5) is 0 Å². The largest absolute Gasteiger partial charge is 0.475 e. The molecule has 0 atom stereocenters. The summed E-state index contributed by atoms with van der Waals surface area (Å²) < 4.78 is 28.0.